The van der Waals surface area contributed by atoms with Crippen molar-refractivity contribution in [2.24, 2.45) is 0 Å². The van der Waals surface area contributed by atoms with Crippen LogP contribution in [0.25, 0.3) is 10.8 Å². The molecule has 0 bridgehead atoms. The van der Waals surface area contributed by atoms with Crippen LogP contribution in [0.4, 0.5) is 11.4 Å². The second-order valence-corrected chi connectivity index (χ2v) is 7.11. The molecule has 0 saturated heterocycles. The molecule has 132 valence electrons. The van der Waals surface area contributed by atoms with E-state index in [4.69, 9.17) is 9.31 Å². The summed E-state index contributed by atoms with van der Waals surface area (Å²) in [5.41, 5.74) is 4.46. The predicted octanol–water partition coefficient (Wildman–Crippen LogP) is 3.24. The molecule has 0 fully saturated rings. The third-order valence-corrected chi connectivity index (χ3v) is 5.36. The molecule has 0 radical (unpaired) electrons. The Bertz CT molecular complexity index is 1130. The van der Waals surface area contributed by atoms with Crippen molar-refractivity contribution in [3.8, 4) is 11.5 Å². The Balaban J connectivity index is 1.27. The maximum absolute atomic E-state index is 5.91. The van der Waals surface area contributed by atoms with Gasteiger partial charge in [0.1, 0.15) is 11.5 Å². The Morgan fingerprint density at radius 1 is 0.571 bits per heavy atom. The lowest BCUT2D eigenvalue weighted by Crippen LogP contribution is -2.48. The van der Waals surface area contributed by atoms with Gasteiger partial charge in [-0.15, -0.1) is 0 Å². The van der Waals surface area contributed by atoms with E-state index in [1.807, 2.05) is 24.3 Å². The van der Waals surface area contributed by atoms with E-state index in [2.05, 4.69) is 71.1 Å². The summed E-state index contributed by atoms with van der Waals surface area (Å²) in [7, 11) is -0.395. The lowest BCUT2D eigenvalue weighted by molar-refractivity contribution is 0.519. The van der Waals surface area contributed by atoms with Crippen LogP contribution in [-0.4, -0.2) is 14.1 Å². The maximum Gasteiger partial charge on any atom is 0.632 e. The van der Waals surface area contributed by atoms with Crippen molar-refractivity contribution < 1.29 is 9.31 Å². The monoisotopic (exact) mass is 362 g/mol. The maximum atomic E-state index is 5.91. The molecular formula is C22H16B2N2O2. The van der Waals surface area contributed by atoms with E-state index < -0.39 is 7.12 Å². The van der Waals surface area contributed by atoms with Crippen molar-refractivity contribution in [2.75, 3.05) is 10.5 Å². The van der Waals surface area contributed by atoms with E-state index >= 15 is 0 Å². The molecule has 6 rings (SSSR count). The van der Waals surface area contributed by atoms with Gasteiger partial charge in [-0.1, -0.05) is 60.7 Å². The minimum atomic E-state index is -0.395. The summed E-state index contributed by atoms with van der Waals surface area (Å²) in [6.45, 7) is 0.0113. The van der Waals surface area contributed by atoms with Crippen LogP contribution >= 0.6 is 0 Å². The third kappa shape index (κ3) is 2.42. The zero-order chi connectivity index (χ0) is 18.5. The molecule has 0 atom stereocenters. The van der Waals surface area contributed by atoms with Gasteiger partial charge in [0.2, 0.25) is 0 Å². The Labute approximate surface area is 163 Å². The van der Waals surface area contributed by atoms with Crippen molar-refractivity contribution in [3.63, 3.8) is 0 Å². The van der Waals surface area contributed by atoms with Gasteiger partial charge in [0.25, 0.3) is 0 Å². The van der Waals surface area contributed by atoms with E-state index in [0.29, 0.717) is 0 Å². The molecule has 2 heterocycles. The molecule has 6 heteroatoms. The van der Waals surface area contributed by atoms with Gasteiger partial charge in [-0.25, -0.2) is 0 Å². The molecule has 2 aliphatic rings. The van der Waals surface area contributed by atoms with Crippen LogP contribution in [0.15, 0.2) is 84.9 Å². The summed E-state index contributed by atoms with van der Waals surface area (Å²) < 4.78 is 11.8. The molecule has 4 aromatic carbocycles. The van der Waals surface area contributed by atoms with Gasteiger partial charge in [0.15, 0.2) is 0 Å². The van der Waals surface area contributed by atoms with Crippen molar-refractivity contribution in [3.05, 3.63) is 84.9 Å². The number of hydrogen-bond donors (Lipinski definition) is 2. The summed E-state index contributed by atoms with van der Waals surface area (Å²) in [6, 6.07) is 28.8. The summed E-state index contributed by atoms with van der Waals surface area (Å²) in [5.74, 6) is 1.58. The molecule has 2 aliphatic heterocycles. The number of fused-ring (bicyclic) bond motifs is 1. The Kier molecular flexibility index (Phi) is 3.32. The highest BCUT2D eigenvalue weighted by molar-refractivity contribution is 6.80. The normalized spacial score (nSPS) is 14.0. The van der Waals surface area contributed by atoms with Crippen LogP contribution in [0.2, 0.25) is 0 Å². The first-order valence-electron chi connectivity index (χ1n) is 9.42. The number of rotatable bonds is 2. The van der Waals surface area contributed by atoms with Crippen molar-refractivity contribution in [1.82, 2.24) is 0 Å². The molecule has 0 amide bonds. The van der Waals surface area contributed by atoms with Crippen LogP contribution in [0.5, 0.6) is 11.5 Å². The third-order valence-electron chi connectivity index (χ3n) is 5.36. The van der Waals surface area contributed by atoms with Gasteiger partial charge in [0.05, 0.1) is 0 Å². The molecule has 2 N–H and O–H groups in total. The first kappa shape index (κ1) is 15.5. The number of hydrogen-bond acceptors (Lipinski definition) is 4. The second kappa shape index (κ2) is 5.99. The fourth-order valence-electron chi connectivity index (χ4n) is 3.98. The molecule has 0 spiro atoms. The number of anilines is 2. The summed E-state index contributed by atoms with van der Waals surface area (Å²) in [6.07, 6.45) is 0. The van der Waals surface area contributed by atoms with E-state index in [1.165, 1.54) is 10.8 Å². The van der Waals surface area contributed by atoms with Gasteiger partial charge in [-0.05, 0) is 35.1 Å². The van der Waals surface area contributed by atoms with Crippen molar-refractivity contribution >= 4 is 47.2 Å². The quantitative estimate of drug-likeness (QED) is 0.538. The van der Waals surface area contributed by atoms with Gasteiger partial charge in [0, 0.05) is 22.2 Å². The Morgan fingerprint density at radius 2 is 1.14 bits per heavy atom. The predicted molar refractivity (Wildman–Crippen MR) is 116 cm³/mol. The molecule has 28 heavy (non-hydrogen) atoms. The summed E-state index contributed by atoms with van der Waals surface area (Å²) >= 11 is 0. The molecular weight excluding hydrogens is 346 g/mol. The van der Waals surface area contributed by atoms with Crippen molar-refractivity contribution in [1.29, 1.82) is 0 Å². The Morgan fingerprint density at radius 3 is 1.75 bits per heavy atom. The lowest BCUT2D eigenvalue weighted by atomic mass is 9.65. The van der Waals surface area contributed by atoms with Crippen LogP contribution in [0.1, 0.15) is 0 Å². The fourth-order valence-corrected chi connectivity index (χ4v) is 3.98. The van der Waals surface area contributed by atoms with E-state index in [0.717, 1.165) is 33.8 Å². The van der Waals surface area contributed by atoms with Gasteiger partial charge >= 0.3 is 14.1 Å². The fraction of sp³-hybridized carbons (Fsp3) is 0. The highest BCUT2D eigenvalue weighted by atomic mass is 16.6. The van der Waals surface area contributed by atoms with Gasteiger partial charge in [-0.2, -0.15) is 0 Å². The van der Waals surface area contributed by atoms with Gasteiger partial charge in [-0.3, -0.25) is 0 Å². The first-order valence-corrected chi connectivity index (χ1v) is 9.42. The highest BCUT2D eigenvalue weighted by Crippen LogP contribution is 2.34. The van der Waals surface area contributed by atoms with Crippen molar-refractivity contribution in [2.45, 2.75) is 0 Å². The standard InChI is InChI=1S/C22H16B2N2O2/c1-2-10-21-20(9-1)27-24(28-21)17-13-11-16(12-14-17)23-25-18-7-3-5-15-6-4-8-19(26-23)22(15)18/h1-14,25-26H. The topological polar surface area (TPSA) is 42.5 Å². The average molecular weight is 362 g/mol. The molecule has 4 aromatic rings. The molecule has 4 nitrogen and oxygen atoms in total. The molecule has 0 aromatic heterocycles. The number of benzene rings is 4. The smallest absolute Gasteiger partial charge is 0.519 e. The minimum Gasteiger partial charge on any atom is -0.519 e. The molecule has 0 unspecified atom stereocenters. The molecule has 0 aliphatic carbocycles. The largest absolute Gasteiger partial charge is 0.632 e. The number of para-hydroxylation sites is 2. The van der Waals surface area contributed by atoms with Gasteiger partial charge < -0.3 is 19.8 Å². The lowest BCUT2D eigenvalue weighted by Gasteiger charge is -2.27. The van der Waals surface area contributed by atoms with Crippen LogP contribution in [0, 0.1) is 0 Å². The van der Waals surface area contributed by atoms with E-state index in [9.17, 15) is 0 Å². The summed E-state index contributed by atoms with van der Waals surface area (Å²) in [4.78, 5) is 0. The first-order chi connectivity index (χ1) is 13.8. The minimum absolute atomic E-state index is 0.0113. The molecule has 0 saturated carbocycles. The van der Waals surface area contributed by atoms with Crippen LogP contribution < -0.4 is 30.7 Å². The zero-order valence-corrected chi connectivity index (χ0v) is 15.1. The SMILES string of the molecule is c1ccc2c(c1)OB(c1ccc(B3Nc4cccc5cccc(c45)N3)cc1)O2. The Hall–Kier alpha value is -3.53. The van der Waals surface area contributed by atoms with Crippen LogP contribution in [0.3, 0.4) is 0 Å². The van der Waals surface area contributed by atoms with Crippen LogP contribution in [-0.2, 0) is 0 Å². The summed E-state index contributed by atoms with van der Waals surface area (Å²) in [5, 5.41) is 9.69. The average Bonchev–Trinajstić information content (AvgIpc) is 3.18. The highest BCUT2D eigenvalue weighted by Gasteiger charge is 2.34. The second-order valence-electron chi connectivity index (χ2n) is 7.11. The van der Waals surface area contributed by atoms with E-state index in [1.54, 1.807) is 0 Å². The number of nitrogens with one attached hydrogen (secondary N) is 2. The zero-order valence-electron chi connectivity index (χ0n) is 15.1. The van der Waals surface area contributed by atoms with E-state index in [-0.39, 0.29) is 6.98 Å².